The van der Waals surface area contributed by atoms with Crippen molar-refractivity contribution in [2.45, 2.75) is 37.5 Å². The standard InChI is InChI=1S/C20H24BrNO2SSi/c1-6-19(26(3,4)5)20(17-9-7-8-10-18(17)21)22-25(23,24)16-13-11-15(2)12-14-16/h7-14,20,22H,1H2,2-5H3/t20-/m1/s1. The van der Waals surface area contributed by atoms with Gasteiger partial charge in [-0.3, -0.25) is 0 Å². The lowest BCUT2D eigenvalue weighted by Gasteiger charge is -2.29. The van der Waals surface area contributed by atoms with E-state index < -0.39 is 24.1 Å². The van der Waals surface area contributed by atoms with Gasteiger partial charge in [0.25, 0.3) is 0 Å². The van der Waals surface area contributed by atoms with E-state index in [1.54, 1.807) is 24.3 Å². The zero-order chi connectivity index (χ0) is 19.5. The molecular formula is C20H24BrNO2SSi. The third kappa shape index (κ3) is 4.84. The Labute approximate surface area is 166 Å². The number of aryl methyl sites for hydroxylation is 1. The number of halogens is 1. The molecule has 0 aliphatic heterocycles. The van der Waals surface area contributed by atoms with Crippen molar-refractivity contribution < 1.29 is 8.42 Å². The first-order valence-electron chi connectivity index (χ1n) is 8.30. The lowest BCUT2D eigenvalue weighted by molar-refractivity contribution is 0.572. The first kappa shape index (κ1) is 20.9. The van der Waals surface area contributed by atoms with Gasteiger partial charge in [0.05, 0.1) is 19.0 Å². The van der Waals surface area contributed by atoms with Crippen molar-refractivity contribution in [1.29, 1.82) is 0 Å². The van der Waals surface area contributed by atoms with E-state index in [0.717, 1.165) is 20.8 Å². The summed E-state index contributed by atoms with van der Waals surface area (Å²) in [5.41, 5.74) is 4.90. The quantitative estimate of drug-likeness (QED) is 0.475. The lowest BCUT2D eigenvalue weighted by Crippen LogP contribution is -2.37. The molecular weight excluding hydrogens is 426 g/mol. The van der Waals surface area contributed by atoms with Crippen molar-refractivity contribution in [2.24, 2.45) is 0 Å². The Kier molecular flexibility index (Phi) is 6.48. The van der Waals surface area contributed by atoms with Crippen molar-refractivity contribution >= 4 is 34.0 Å². The molecule has 0 spiro atoms. The Morgan fingerprint density at radius 3 is 2.19 bits per heavy atom. The molecule has 0 saturated heterocycles. The number of hydrogen-bond donors (Lipinski definition) is 1. The molecule has 0 radical (unpaired) electrons. The van der Waals surface area contributed by atoms with E-state index in [2.05, 4.69) is 52.6 Å². The van der Waals surface area contributed by atoms with Crippen molar-refractivity contribution in [1.82, 2.24) is 4.72 Å². The smallest absolute Gasteiger partial charge is 0.207 e. The zero-order valence-corrected chi connectivity index (χ0v) is 18.9. The van der Waals surface area contributed by atoms with Gasteiger partial charge in [0.1, 0.15) is 0 Å². The number of benzene rings is 2. The molecule has 0 aliphatic carbocycles. The first-order chi connectivity index (χ1) is 12.1. The highest BCUT2D eigenvalue weighted by Gasteiger charge is 2.32. The van der Waals surface area contributed by atoms with Crippen LogP contribution in [-0.2, 0) is 10.0 Å². The van der Waals surface area contributed by atoms with Crippen LogP contribution in [0.3, 0.4) is 0 Å². The summed E-state index contributed by atoms with van der Waals surface area (Å²) >= 11 is 3.55. The van der Waals surface area contributed by atoms with Crippen LogP contribution in [-0.4, -0.2) is 16.5 Å². The van der Waals surface area contributed by atoms with Gasteiger partial charge in [-0.25, -0.2) is 8.42 Å². The monoisotopic (exact) mass is 449 g/mol. The fourth-order valence-corrected chi connectivity index (χ4v) is 6.16. The Balaban J connectivity index is 2.57. The van der Waals surface area contributed by atoms with Crippen LogP contribution in [0.5, 0.6) is 0 Å². The van der Waals surface area contributed by atoms with E-state index in [1.165, 1.54) is 0 Å². The third-order valence-corrected chi connectivity index (χ3v) is 8.35. The van der Waals surface area contributed by atoms with Crippen molar-refractivity contribution in [3.63, 3.8) is 0 Å². The van der Waals surface area contributed by atoms with Gasteiger partial charge in [0, 0.05) is 4.47 Å². The fourth-order valence-electron chi connectivity index (χ4n) is 2.73. The summed E-state index contributed by atoms with van der Waals surface area (Å²) < 4.78 is 29.8. The zero-order valence-electron chi connectivity index (χ0n) is 15.5. The van der Waals surface area contributed by atoms with Crippen LogP contribution in [0, 0.1) is 6.92 Å². The van der Waals surface area contributed by atoms with Crippen molar-refractivity contribution in [3.05, 3.63) is 81.6 Å². The molecule has 0 aliphatic rings. The average Bonchev–Trinajstić information content (AvgIpc) is 2.54. The molecule has 1 N–H and O–H groups in total. The molecule has 138 valence electrons. The number of nitrogens with one attached hydrogen (secondary N) is 1. The summed E-state index contributed by atoms with van der Waals surface area (Å²) in [5.74, 6) is 0. The van der Waals surface area contributed by atoms with Crippen LogP contribution in [0.25, 0.3) is 0 Å². The molecule has 3 nitrogen and oxygen atoms in total. The van der Waals surface area contributed by atoms with Gasteiger partial charge in [0.15, 0.2) is 0 Å². The van der Waals surface area contributed by atoms with E-state index in [9.17, 15) is 8.42 Å². The van der Waals surface area contributed by atoms with E-state index >= 15 is 0 Å². The van der Waals surface area contributed by atoms with Crippen molar-refractivity contribution in [3.8, 4) is 0 Å². The van der Waals surface area contributed by atoms with E-state index in [0.29, 0.717) is 0 Å². The van der Waals surface area contributed by atoms with Crippen LogP contribution in [0.15, 0.2) is 75.4 Å². The molecule has 0 saturated carbocycles. The SMILES string of the molecule is C=C=C([C@H](NS(=O)(=O)c1ccc(C)cc1)c1ccccc1Br)[Si](C)(C)C. The minimum atomic E-state index is -3.69. The van der Waals surface area contributed by atoms with Gasteiger partial charge in [-0.15, -0.1) is 5.73 Å². The molecule has 0 aromatic heterocycles. The van der Waals surface area contributed by atoms with Gasteiger partial charge >= 0.3 is 0 Å². The van der Waals surface area contributed by atoms with Crippen LogP contribution >= 0.6 is 15.9 Å². The number of rotatable bonds is 6. The third-order valence-electron chi connectivity index (χ3n) is 4.11. The van der Waals surface area contributed by atoms with E-state index in [-0.39, 0.29) is 4.90 Å². The second kappa shape index (κ2) is 8.07. The summed E-state index contributed by atoms with van der Waals surface area (Å²) in [6.07, 6.45) is 0. The molecule has 6 heteroatoms. The Morgan fingerprint density at radius 1 is 1.12 bits per heavy atom. The summed E-state index contributed by atoms with van der Waals surface area (Å²) in [5, 5.41) is 0.917. The minimum Gasteiger partial charge on any atom is -0.207 e. The molecule has 2 aromatic carbocycles. The molecule has 2 aromatic rings. The molecule has 0 fully saturated rings. The molecule has 26 heavy (non-hydrogen) atoms. The summed E-state index contributed by atoms with van der Waals surface area (Å²) in [7, 11) is -5.56. The molecule has 1 atom stereocenters. The van der Waals surface area contributed by atoms with Crippen LogP contribution in [0.2, 0.25) is 19.6 Å². The molecule has 0 heterocycles. The fraction of sp³-hybridized carbons (Fsp3) is 0.250. The number of hydrogen-bond acceptors (Lipinski definition) is 2. The minimum absolute atomic E-state index is 0.249. The summed E-state index contributed by atoms with van der Waals surface area (Å²) in [4.78, 5) is 0.249. The highest BCUT2D eigenvalue weighted by molar-refractivity contribution is 9.10. The predicted octanol–water partition coefficient (Wildman–Crippen LogP) is 5.37. The largest absolute Gasteiger partial charge is 0.241 e. The first-order valence-corrected chi connectivity index (χ1v) is 14.1. The Morgan fingerprint density at radius 2 is 1.69 bits per heavy atom. The normalized spacial score (nSPS) is 13.1. The van der Waals surface area contributed by atoms with Gasteiger partial charge < -0.3 is 0 Å². The van der Waals surface area contributed by atoms with Gasteiger partial charge in [0.2, 0.25) is 10.0 Å². The van der Waals surface area contributed by atoms with Gasteiger partial charge in [-0.1, -0.05) is 78.0 Å². The average molecular weight is 450 g/mol. The maximum atomic E-state index is 13.0. The van der Waals surface area contributed by atoms with Crippen LogP contribution < -0.4 is 4.72 Å². The maximum Gasteiger partial charge on any atom is 0.241 e. The summed E-state index contributed by atoms with van der Waals surface area (Å²) in [6.45, 7) is 12.2. The van der Waals surface area contributed by atoms with Crippen LogP contribution in [0.4, 0.5) is 0 Å². The Bertz CT molecular complexity index is 941. The molecule has 0 amide bonds. The molecule has 0 bridgehead atoms. The molecule has 0 unspecified atom stereocenters. The maximum absolute atomic E-state index is 13.0. The van der Waals surface area contributed by atoms with Gasteiger partial charge in [-0.2, -0.15) is 4.72 Å². The topological polar surface area (TPSA) is 46.2 Å². The van der Waals surface area contributed by atoms with Gasteiger partial charge in [-0.05, 0) is 35.9 Å². The predicted molar refractivity (Wildman–Crippen MR) is 114 cm³/mol. The molecule has 2 rings (SSSR count). The second-order valence-electron chi connectivity index (χ2n) is 7.23. The highest BCUT2D eigenvalue weighted by atomic mass is 79.9. The highest BCUT2D eigenvalue weighted by Crippen LogP contribution is 2.34. The Hall–Kier alpha value is -1.43. The second-order valence-corrected chi connectivity index (χ2v) is 14.8. The summed E-state index contributed by atoms with van der Waals surface area (Å²) in [6, 6.07) is 14.0. The van der Waals surface area contributed by atoms with E-state index in [1.807, 2.05) is 31.2 Å². The lowest BCUT2D eigenvalue weighted by atomic mass is 10.1. The van der Waals surface area contributed by atoms with Crippen molar-refractivity contribution in [2.75, 3.05) is 0 Å². The number of sulfonamides is 1. The van der Waals surface area contributed by atoms with E-state index in [4.69, 9.17) is 0 Å². The van der Waals surface area contributed by atoms with Crippen LogP contribution in [0.1, 0.15) is 17.2 Å².